The highest BCUT2D eigenvalue weighted by molar-refractivity contribution is 5.77. The number of carbonyl (C=O) groups is 1. The van der Waals surface area contributed by atoms with Crippen LogP contribution in [0.15, 0.2) is 48.5 Å². The maximum Gasteiger partial charge on any atom is 0.327 e. The first-order valence-corrected chi connectivity index (χ1v) is 6.46. The van der Waals surface area contributed by atoms with Crippen LogP contribution in [0, 0.1) is 5.82 Å². The molecule has 0 amide bonds. The summed E-state index contributed by atoms with van der Waals surface area (Å²) in [5, 5.41) is 12.6. The van der Waals surface area contributed by atoms with E-state index < -0.39 is 23.6 Å². The second-order valence-corrected chi connectivity index (χ2v) is 4.50. The van der Waals surface area contributed by atoms with Crippen molar-refractivity contribution in [2.75, 3.05) is 7.11 Å². The first-order chi connectivity index (χ1) is 10.1. The lowest BCUT2D eigenvalue weighted by molar-refractivity contribution is -0.143. The van der Waals surface area contributed by atoms with Gasteiger partial charge in [0.15, 0.2) is 11.6 Å². The van der Waals surface area contributed by atoms with Crippen LogP contribution in [-0.4, -0.2) is 18.2 Å². The van der Waals surface area contributed by atoms with E-state index in [9.17, 15) is 14.3 Å². The van der Waals surface area contributed by atoms with Crippen LogP contribution in [0.2, 0.25) is 0 Å². The molecule has 21 heavy (non-hydrogen) atoms. The Bertz CT molecular complexity index is 616. The van der Waals surface area contributed by atoms with E-state index in [0.717, 1.165) is 5.56 Å². The van der Waals surface area contributed by atoms with Gasteiger partial charge in [0.1, 0.15) is 6.04 Å². The SMILES string of the molecule is COC(=O)C(NCc1cccc(F)c1O)c1ccccc1. The maximum atomic E-state index is 13.3. The minimum atomic E-state index is -0.691. The first-order valence-electron chi connectivity index (χ1n) is 6.46. The van der Waals surface area contributed by atoms with Crippen molar-refractivity contribution in [3.05, 3.63) is 65.5 Å². The largest absolute Gasteiger partial charge is 0.505 e. The molecule has 1 atom stereocenters. The monoisotopic (exact) mass is 289 g/mol. The summed E-state index contributed by atoms with van der Waals surface area (Å²) in [6, 6.07) is 12.6. The zero-order valence-electron chi connectivity index (χ0n) is 11.5. The fourth-order valence-corrected chi connectivity index (χ4v) is 2.02. The molecule has 0 saturated heterocycles. The summed E-state index contributed by atoms with van der Waals surface area (Å²) in [6.45, 7) is 0.137. The molecule has 0 aromatic heterocycles. The zero-order chi connectivity index (χ0) is 15.2. The fraction of sp³-hybridized carbons (Fsp3) is 0.188. The number of benzene rings is 2. The summed E-state index contributed by atoms with van der Waals surface area (Å²) in [5.41, 5.74) is 1.11. The predicted octanol–water partition coefficient (Wildman–Crippen LogP) is 2.54. The quantitative estimate of drug-likeness (QED) is 0.830. The number of rotatable bonds is 5. The number of phenolic OH excluding ortho intramolecular Hbond substituents is 1. The molecule has 0 aliphatic carbocycles. The highest BCUT2D eigenvalue weighted by Gasteiger charge is 2.21. The van der Waals surface area contributed by atoms with Crippen LogP contribution in [0.1, 0.15) is 17.2 Å². The van der Waals surface area contributed by atoms with Crippen molar-refractivity contribution in [2.24, 2.45) is 0 Å². The molecule has 0 saturated carbocycles. The van der Waals surface area contributed by atoms with Crippen LogP contribution in [0.3, 0.4) is 0 Å². The van der Waals surface area contributed by atoms with Crippen molar-refractivity contribution in [3.63, 3.8) is 0 Å². The van der Waals surface area contributed by atoms with E-state index in [1.807, 2.05) is 18.2 Å². The van der Waals surface area contributed by atoms with Crippen molar-refractivity contribution in [3.8, 4) is 5.75 Å². The standard InChI is InChI=1S/C16H16FNO3/c1-21-16(20)14(11-6-3-2-4-7-11)18-10-12-8-5-9-13(17)15(12)19/h2-9,14,18-19H,10H2,1H3. The molecule has 2 N–H and O–H groups in total. The number of hydrogen-bond donors (Lipinski definition) is 2. The normalized spacial score (nSPS) is 11.9. The Morgan fingerprint density at radius 2 is 1.95 bits per heavy atom. The van der Waals surface area contributed by atoms with Gasteiger partial charge in [0, 0.05) is 12.1 Å². The molecule has 110 valence electrons. The van der Waals surface area contributed by atoms with Crippen molar-refractivity contribution < 1.29 is 19.0 Å². The Balaban J connectivity index is 2.17. The van der Waals surface area contributed by atoms with Crippen LogP contribution in [0.5, 0.6) is 5.75 Å². The third-order valence-electron chi connectivity index (χ3n) is 3.14. The van der Waals surface area contributed by atoms with E-state index in [2.05, 4.69) is 5.32 Å². The number of phenols is 1. The highest BCUT2D eigenvalue weighted by atomic mass is 19.1. The van der Waals surface area contributed by atoms with Crippen LogP contribution in [-0.2, 0) is 16.1 Å². The third-order valence-corrected chi connectivity index (χ3v) is 3.14. The number of aromatic hydroxyl groups is 1. The smallest absolute Gasteiger partial charge is 0.327 e. The lowest BCUT2D eigenvalue weighted by Gasteiger charge is -2.17. The molecular weight excluding hydrogens is 273 g/mol. The van der Waals surface area contributed by atoms with Crippen molar-refractivity contribution >= 4 is 5.97 Å². The van der Waals surface area contributed by atoms with Gasteiger partial charge in [-0.25, -0.2) is 9.18 Å². The van der Waals surface area contributed by atoms with Crippen molar-refractivity contribution in [1.82, 2.24) is 5.32 Å². The lowest BCUT2D eigenvalue weighted by Crippen LogP contribution is -2.29. The van der Waals surface area contributed by atoms with E-state index in [4.69, 9.17) is 4.74 Å². The molecule has 0 spiro atoms. The molecule has 5 heteroatoms. The van der Waals surface area contributed by atoms with Crippen LogP contribution in [0.4, 0.5) is 4.39 Å². The molecular formula is C16H16FNO3. The van der Waals surface area contributed by atoms with Crippen molar-refractivity contribution in [2.45, 2.75) is 12.6 Å². The molecule has 2 aromatic carbocycles. The number of halogens is 1. The van der Waals surface area contributed by atoms with Gasteiger partial charge in [-0.05, 0) is 11.6 Å². The minimum absolute atomic E-state index is 0.137. The average Bonchev–Trinajstić information content (AvgIpc) is 2.52. The van der Waals surface area contributed by atoms with Gasteiger partial charge in [-0.3, -0.25) is 5.32 Å². The molecule has 0 radical (unpaired) electrons. The Hall–Kier alpha value is -2.40. The van der Waals surface area contributed by atoms with Gasteiger partial charge >= 0.3 is 5.97 Å². The summed E-state index contributed by atoms with van der Waals surface area (Å²) in [7, 11) is 1.31. The summed E-state index contributed by atoms with van der Waals surface area (Å²) in [5.74, 6) is -1.55. The number of ether oxygens (including phenoxy) is 1. The van der Waals surface area contributed by atoms with Gasteiger partial charge < -0.3 is 9.84 Å². The van der Waals surface area contributed by atoms with E-state index in [0.29, 0.717) is 5.56 Å². The lowest BCUT2D eigenvalue weighted by atomic mass is 10.1. The van der Waals surface area contributed by atoms with Crippen LogP contribution >= 0.6 is 0 Å². The Morgan fingerprint density at radius 1 is 1.24 bits per heavy atom. The average molecular weight is 289 g/mol. The number of nitrogens with one attached hydrogen (secondary N) is 1. The number of carbonyl (C=O) groups excluding carboxylic acids is 1. The Morgan fingerprint density at radius 3 is 2.62 bits per heavy atom. The van der Waals surface area contributed by atoms with Crippen LogP contribution < -0.4 is 5.32 Å². The molecule has 1 unspecified atom stereocenters. The van der Waals surface area contributed by atoms with E-state index in [-0.39, 0.29) is 6.54 Å². The molecule has 2 rings (SSSR count). The summed E-state index contributed by atoms with van der Waals surface area (Å²) < 4.78 is 18.1. The predicted molar refractivity (Wildman–Crippen MR) is 76.1 cm³/mol. The molecule has 0 heterocycles. The maximum absolute atomic E-state index is 13.3. The summed E-state index contributed by atoms with van der Waals surface area (Å²) in [4.78, 5) is 11.9. The Labute approximate surface area is 122 Å². The fourth-order valence-electron chi connectivity index (χ4n) is 2.02. The zero-order valence-corrected chi connectivity index (χ0v) is 11.5. The number of hydrogen-bond acceptors (Lipinski definition) is 4. The van der Waals surface area contributed by atoms with Gasteiger partial charge in [-0.1, -0.05) is 42.5 Å². The Kier molecular flexibility index (Phi) is 4.90. The van der Waals surface area contributed by atoms with Gasteiger partial charge in [-0.15, -0.1) is 0 Å². The van der Waals surface area contributed by atoms with Crippen LogP contribution in [0.25, 0.3) is 0 Å². The number of methoxy groups -OCH3 is 1. The number of esters is 1. The molecule has 0 aliphatic heterocycles. The van der Waals surface area contributed by atoms with E-state index >= 15 is 0 Å². The third kappa shape index (κ3) is 3.58. The molecule has 0 aliphatic rings. The summed E-state index contributed by atoms with van der Waals surface area (Å²) >= 11 is 0. The van der Waals surface area contributed by atoms with Gasteiger partial charge in [0.25, 0.3) is 0 Å². The topological polar surface area (TPSA) is 58.6 Å². The molecule has 2 aromatic rings. The summed E-state index contributed by atoms with van der Waals surface area (Å²) in [6.07, 6.45) is 0. The van der Waals surface area contributed by atoms with Gasteiger partial charge in [-0.2, -0.15) is 0 Å². The van der Waals surface area contributed by atoms with Gasteiger partial charge in [0.2, 0.25) is 0 Å². The van der Waals surface area contributed by atoms with E-state index in [1.54, 1.807) is 18.2 Å². The second kappa shape index (κ2) is 6.85. The van der Waals surface area contributed by atoms with E-state index in [1.165, 1.54) is 19.2 Å². The molecule has 4 nitrogen and oxygen atoms in total. The highest BCUT2D eigenvalue weighted by Crippen LogP contribution is 2.22. The van der Waals surface area contributed by atoms with Gasteiger partial charge in [0.05, 0.1) is 7.11 Å². The molecule has 0 fully saturated rings. The van der Waals surface area contributed by atoms with Crippen molar-refractivity contribution in [1.29, 1.82) is 0 Å². The first kappa shape index (κ1) is 15.0. The minimum Gasteiger partial charge on any atom is -0.505 e. The second-order valence-electron chi connectivity index (χ2n) is 4.50. The number of para-hydroxylation sites is 1. The molecule has 0 bridgehead atoms.